The van der Waals surface area contributed by atoms with E-state index < -0.39 is 5.97 Å². The molecule has 0 atom stereocenters. The minimum Gasteiger partial charge on any atom is -0.464 e. The first-order chi connectivity index (χ1) is 5.70. The molecule has 0 radical (unpaired) electrons. The Labute approximate surface area is 71.3 Å². The summed E-state index contributed by atoms with van der Waals surface area (Å²) < 4.78 is 4.69. The molecule has 0 aliphatic rings. The minimum atomic E-state index is -0.432. The van der Waals surface area contributed by atoms with Crippen LogP contribution in [0.5, 0.6) is 0 Å². The van der Waals surface area contributed by atoms with E-state index in [4.69, 9.17) is 10.5 Å². The summed E-state index contributed by atoms with van der Waals surface area (Å²) in [5, 5.41) is 2.30. The second kappa shape index (κ2) is 6.60. The highest BCUT2D eigenvalue weighted by atomic mass is 16.5. The molecule has 70 valence electrons. The molecule has 12 heavy (non-hydrogen) atoms. The summed E-state index contributed by atoms with van der Waals surface area (Å²) in [6.45, 7) is 2.07. The van der Waals surface area contributed by atoms with Gasteiger partial charge in [-0.25, -0.2) is 0 Å². The van der Waals surface area contributed by atoms with E-state index in [1.54, 1.807) is 0 Å². The van der Waals surface area contributed by atoms with Crippen molar-refractivity contribution in [1.82, 2.24) is 5.32 Å². The molecule has 0 saturated carbocycles. The molecule has 0 aromatic heterocycles. The highest BCUT2D eigenvalue weighted by Gasteiger charge is 2.03. The maximum Gasteiger partial charge on any atom is 0.325 e. The predicted octanol–water partition coefficient (Wildman–Crippen LogP) is -0.985. The van der Waals surface area contributed by atoms with Gasteiger partial charge < -0.3 is 15.8 Å². The zero-order valence-electron chi connectivity index (χ0n) is 7.13. The molecule has 0 aliphatic heterocycles. The third kappa shape index (κ3) is 5.67. The molecule has 0 aromatic rings. The molecule has 0 bridgehead atoms. The Balaban J connectivity index is 3.37. The summed E-state index contributed by atoms with van der Waals surface area (Å²) in [5.74, 6) is -0.790. The Morgan fingerprint density at radius 1 is 1.50 bits per heavy atom. The van der Waals surface area contributed by atoms with Gasteiger partial charge in [-0.05, 0) is 6.42 Å². The number of amides is 1. The molecule has 5 nitrogen and oxygen atoms in total. The normalized spacial score (nSPS) is 9.17. The fourth-order valence-electron chi connectivity index (χ4n) is 0.510. The van der Waals surface area contributed by atoms with Gasteiger partial charge in [0.25, 0.3) is 0 Å². The molecule has 0 spiro atoms. The maximum atomic E-state index is 10.7. The number of ether oxygens (including phenoxy) is 1. The van der Waals surface area contributed by atoms with Crippen LogP contribution in [0.15, 0.2) is 0 Å². The minimum absolute atomic E-state index is 0.101. The van der Waals surface area contributed by atoms with E-state index in [1.807, 2.05) is 6.92 Å². The number of carbonyl (C=O) groups excluding carboxylic acids is 2. The number of hydrogen-bond acceptors (Lipinski definition) is 4. The molecule has 0 heterocycles. The first-order valence-electron chi connectivity index (χ1n) is 3.83. The number of carbonyl (C=O) groups is 2. The van der Waals surface area contributed by atoms with Gasteiger partial charge in [-0.15, -0.1) is 0 Å². The summed E-state index contributed by atoms with van der Waals surface area (Å²) in [4.78, 5) is 21.3. The SMILES string of the molecule is CCCOC(=O)CNC(=O)CN. The van der Waals surface area contributed by atoms with Gasteiger partial charge in [0.05, 0.1) is 13.2 Å². The Kier molecular flexibility index (Phi) is 6.00. The monoisotopic (exact) mass is 174 g/mol. The number of hydrogen-bond donors (Lipinski definition) is 2. The van der Waals surface area contributed by atoms with Gasteiger partial charge in [-0.3, -0.25) is 9.59 Å². The van der Waals surface area contributed by atoms with Gasteiger partial charge in [-0.1, -0.05) is 6.92 Å². The summed E-state index contributed by atoms with van der Waals surface area (Å²) >= 11 is 0. The number of rotatable bonds is 5. The van der Waals surface area contributed by atoms with Crippen LogP contribution in [0.4, 0.5) is 0 Å². The molecule has 1 amide bonds. The van der Waals surface area contributed by atoms with E-state index in [0.29, 0.717) is 6.61 Å². The lowest BCUT2D eigenvalue weighted by Gasteiger charge is -2.03. The lowest BCUT2D eigenvalue weighted by Crippen LogP contribution is -2.35. The molecule has 0 saturated heterocycles. The van der Waals surface area contributed by atoms with Crippen LogP contribution in [0.3, 0.4) is 0 Å². The smallest absolute Gasteiger partial charge is 0.325 e. The maximum absolute atomic E-state index is 10.7. The quantitative estimate of drug-likeness (QED) is 0.524. The molecule has 5 heteroatoms. The van der Waals surface area contributed by atoms with E-state index in [0.717, 1.165) is 6.42 Å². The largest absolute Gasteiger partial charge is 0.464 e. The molecule has 3 N–H and O–H groups in total. The van der Waals surface area contributed by atoms with E-state index in [2.05, 4.69) is 5.32 Å². The summed E-state index contributed by atoms with van der Waals surface area (Å²) in [5.41, 5.74) is 4.99. The summed E-state index contributed by atoms with van der Waals surface area (Å²) in [6, 6.07) is 0. The number of nitrogens with one attached hydrogen (secondary N) is 1. The van der Waals surface area contributed by atoms with Crippen molar-refractivity contribution in [2.45, 2.75) is 13.3 Å². The number of esters is 1. The fraction of sp³-hybridized carbons (Fsp3) is 0.714. The molecule has 0 unspecified atom stereocenters. The van der Waals surface area contributed by atoms with E-state index in [9.17, 15) is 9.59 Å². The zero-order chi connectivity index (χ0) is 9.40. The van der Waals surface area contributed by atoms with Crippen molar-refractivity contribution in [2.75, 3.05) is 19.7 Å². The van der Waals surface area contributed by atoms with Crippen molar-refractivity contribution in [2.24, 2.45) is 5.73 Å². The predicted molar refractivity (Wildman–Crippen MR) is 43.3 cm³/mol. The second-order valence-electron chi connectivity index (χ2n) is 2.20. The van der Waals surface area contributed by atoms with Gasteiger partial charge in [0.15, 0.2) is 0 Å². The van der Waals surface area contributed by atoms with Crippen molar-refractivity contribution >= 4 is 11.9 Å². The van der Waals surface area contributed by atoms with Crippen LogP contribution >= 0.6 is 0 Å². The van der Waals surface area contributed by atoms with Gasteiger partial charge in [-0.2, -0.15) is 0 Å². The topological polar surface area (TPSA) is 81.4 Å². The molecule has 0 rings (SSSR count). The first kappa shape index (κ1) is 10.9. The average molecular weight is 174 g/mol. The second-order valence-corrected chi connectivity index (χ2v) is 2.20. The third-order valence-electron chi connectivity index (χ3n) is 1.08. The van der Waals surface area contributed by atoms with Crippen molar-refractivity contribution in [3.8, 4) is 0 Å². The molecular weight excluding hydrogens is 160 g/mol. The van der Waals surface area contributed by atoms with Crippen molar-refractivity contribution in [3.05, 3.63) is 0 Å². The van der Waals surface area contributed by atoms with Gasteiger partial charge in [0.1, 0.15) is 6.54 Å². The third-order valence-corrected chi connectivity index (χ3v) is 1.08. The van der Waals surface area contributed by atoms with Crippen LogP contribution in [0.25, 0.3) is 0 Å². The van der Waals surface area contributed by atoms with Crippen molar-refractivity contribution in [1.29, 1.82) is 0 Å². The van der Waals surface area contributed by atoms with E-state index in [-0.39, 0.29) is 19.0 Å². The van der Waals surface area contributed by atoms with Gasteiger partial charge in [0, 0.05) is 0 Å². The lowest BCUT2D eigenvalue weighted by molar-refractivity contribution is -0.143. The van der Waals surface area contributed by atoms with Crippen LogP contribution in [0.2, 0.25) is 0 Å². The average Bonchev–Trinajstić information content (AvgIpc) is 2.10. The fourth-order valence-corrected chi connectivity index (χ4v) is 0.510. The first-order valence-corrected chi connectivity index (χ1v) is 3.83. The van der Waals surface area contributed by atoms with Crippen molar-refractivity contribution in [3.63, 3.8) is 0 Å². The molecular formula is C7H14N2O3. The number of nitrogens with two attached hydrogens (primary N) is 1. The van der Waals surface area contributed by atoms with Crippen LogP contribution in [-0.4, -0.2) is 31.6 Å². The van der Waals surface area contributed by atoms with Crippen molar-refractivity contribution < 1.29 is 14.3 Å². The van der Waals surface area contributed by atoms with Crippen LogP contribution < -0.4 is 11.1 Å². The Bertz CT molecular complexity index is 159. The lowest BCUT2D eigenvalue weighted by atomic mass is 10.5. The Morgan fingerprint density at radius 3 is 2.67 bits per heavy atom. The highest BCUT2D eigenvalue weighted by Crippen LogP contribution is 1.80. The molecule has 0 aliphatic carbocycles. The Hall–Kier alpha value is -1.10. The molecule has 0 aromatic carbocycles. The van der Waals surface area contributed by atoms with Crippen LogP contribution in [0, 0.1) is 0 Å². The Morgan fingerprint density at radius 2 is 2.17 bits per heavy atom. The van der Waals surface area contributed by atoms with Crippen LogP contribution in [-0.2, 0) is 14.3 Å². The van der Waals surface area contributed by atoms with Crippen LogP contribution in [0.1, 0.15) is 13.3 Å². The molecule has 0 fully saturated rings. The zero-order valence-corrected chi connectivity index (χ0v) is 7.13. The van der Waals surface area contributed by atoms with E-state index >= 15 is 0 Å². The van der Waals surface area contributed by atoms with E-state index in [1.165, 1.54) is 0 Å². The summed E-state index contributed by atoms with van der Waals surface area (Å²) in [7, 11) is 0. The summed E-state index contributed by atoms with van der Waals surface area (Å²) in [6.07, 6.45) is 0.774. The van der Waals surface area contributed by atoms with Gasteiger partial charge in [0.2, 0.25) is 5.91 Å². The van der Waals surface area contributed by atoms with Gasteiger partial charge >= 0.3 is 5.97 Å². The highest BCUT2D eigenvalue weighted by molar-refractivity contribution is 5.82. The standard InChI is InChI=1S/C7H14N2O3/c1-2-3-12-7(11)5-9-6(10)4-8/h2-5,8H2,1H3,(H,9,10).